The molecule has 1 nitrogen and oxygen atoms in total. The minimum absolute atomic E-state index is 0.620. The third-order valence-corrected chi connectivity index (χ3v) is 1.40. The van der Waals surface area contributed by atoms with Crippen molar-refractivity contribution in [3.63, 3.8) is 0 Å². The van der Waals surface area contributed by atoms with E-state index < -0.39 is 0 Å². The molecule has 0 bridgehead atoms. The van der Waals surface area contributed by atoms with E-state index in [0.29, 0.717) is 5.41 Å². The van der Waals surface area contributed by atoms with Gasteiger partial charge in [0.1, 0.15) is 0 Å². The summed E-state index contributed by atoms with van der Waals surface area (Å²) < 4.78 is 0. The van der Waals surface area contributed by atoms with E-state index in [1.54, 1.807) is 0 Å². The van der Waals surface area contributed by atoms with Crippen LogP contribution >= 0.6 is 0 Å². The Bertz CT molecular complexity index is 78.7. The Labute approximate surface area is 65.4 Å². The van der Waals surface area contributed by atoms with Gasteiger partial charge in [-0.05, 0) is 12.5 Å². The molecule has 1 aliphatic rings. The first-order valence-electron chi connectivity index (χ1n) is 4.20. The molecule has 0 saturated carbocycles. The third-order valence-electron chi connectivity index (χ3n) is 1.40. The molecule has 1 heterocycles. The van der Waals surface area contributed by atoms with Crippen molar-refractivity contribution in [2.75, 3.05) is 20.1 Å². The zero-order valence-corrected chi connectivity index (χ0v) is 8.07. The maximum atomic E-state index is 2.33. The molecule has 1 saturated heterocycles. The minimum atomic E-state index is 0.620. The van der Waals surface area contributed by atoms with E-state index in [2.05, 4.69) is 39.6 Å². The van der Waals surface area contributed by atoms with Gasteiger partial charge in [-0.15, -0.1) is 0 Å². The van der Waals surface area contributed by atoms with Crippen molar-refractivity contribution in [2.45, 2.75) is 34.1 Å². The lowest BCUT2D eigenvalue weighted by Gasteiger charge is -2.43. The van der Waals surface area contributed by atoms with Gasteiger partial charge in [0.15, 0.2) is 0 Å². The molecule has 0 aromatic heterocycles. The smallest absolute Gasteiger partial charge is 0.00421 e. The predicted molar refractivity (Wildman–Crippen MR) is 47.2 cm³/mol. The van der Waals surface area contributed by atoms with E-state index in [4.69, 9.17) is 0 Å². The van der Waals surface area contributed by atoms with Gasteiger partial charge in [0.05, 0.1) is 0 Å². The average Bonchev–Trinajstić information content (AvgIpc) is 1.61. The van der Waals surface area contributed by atoms with E-state index in [9.17, 15) is 0 Å². The second-order valence-corrected chi connectivity index (χ2v) is 4.04. The summed E-state index contributed by atoms with van der Waals surface area (Å²) in [6, 6.07) is 0. The first-order chi connectivity index (χ1) is 4.52. The molecular formula is C9H21N. The maximum absolute atomic E-state index is 2.33. The van der Waals surface area contributed by atoms with Crippen molar-refractivity contribution in [2.24, 2.45) is 5.41 Å². The molecule has 0 spiro atoms. The molecule has 10 heavy (non-hydrogen) atoms. The summed E-state index contributed by atoms with van der Waals surface area (Å²) in [4.78, 5) is 2.33. The van der Waals surface area contributed by atoms with Crippen molar-refractivity contribution in [3.05, 3.63) is 0 Å². The monoisotopic (exact) mass is 143 g/mol. The van der Waals surface area contributed by atoms with Crippen LogP contribution in [0.5, 0.6) is 0 Å². The zero-order valence-electron chi connectivity index (χ0n) is 8.07. The molecule has 0 aromatic carbocycles. The Kier molecular flexibility index (Phi) is 3.95. The molecule has 1 heteroatoms. The third kappa shape index (κ3) is 3.89. The molecular weight excluding hydrogens is 122 g/mol. The highest BCUT2D eigenvalue weighted by molar-refractivity contribution is 4.84. The summed E-state index contributed by atoms with van der Waals surface area (Å²) in [6.07, 6.45) is 1.25. The van der Waals surface area contributed by atoms with Crippen LogP contribution in [0, 0.1) is 5.41 Å². The second-order valence-electron chi connectivity index (χ2n) is 4.04. The van der Waals surface area contributed by atoms with Crippen molar-refractivity contribution >= 4 is 0 Å². The summed E-state index contributed by atoms with van der Waals surface area (Å²) in [5.41, 5.74) is 0.620. The van der Waals surface area contributed by atoms with Crippen LogP contribution in [0.3, 0.4) is 0 Å². The molecule has 0 N–H and O–H groups in total. The predicted octanol–water partition coefficient (Wildman–Crippen LogP) is 2.37. The van der Waals surface area contributed by atoms with Gasteiger partial charge in [0.25, 0.3) is 0 Å². The lowest BCUT2D eigenvalue weighted by molar-refractivity contribution is 0.0570. The second kappa shape index (κ2) is 3.97. The largest absolute Gasteiger partial charge is 0.305 e. The van der Waals surface area contributed by atoms with Gasteiger partial charge >= 0.3 is 0 Å². The summed E-state index contributed by atoms with van der Waals surface area (Å²) >= 11 is 0. The topological polar surface area (TPSA) is 3.24 Å². The number of hydrogen-bond acceptors (Lipinski definition) is 1. The number of likely N-dealkylation sites (tertiary alicyclic amines) is 1. The molecule has 0 atom stereocenters. The average molecular weight is 143 g/mol. The lowest BCUT2D eigenvalue weighted by Crippen LogP contribution is -2.50. The summed E-state index contributed by atoms with van der Waals surface area (Å²) in [6.45, 7) is 11.4. The molecule has 1 aliphatic heterocycles. The van der Waals surface area contributed by atoms with Crippen LogP contribution in [-0.2, 0) is 0 Å². The zero-order chi connectivity index (χ0) is 8.20. The van der Waals surface area contributed by atoms with Crippen LogP contribution in [0.15, 0.2) is 0 Å². The number of rotatable bonds is 0. The first-order valence-corrected chi connectivity index (χ1v) is 4.20. The molecule has 0 unspecified atom stereocenters. The highest BCUT2D eigenvalue weighted by Crippen LogP contribution is 2.26. The fourth-order valence-electron chi connectivity index (χ4n) is 1.42. The van der Waals surface area contributed by atoms with Crippen LogP contribution in [0.4, 0.5) is 0 Å². The SMILES string of the molecule is CCC.CN1CC(C)(C)C1. The quantitative estimate of drug-likeness (QED) is 0.503. The first kappa shape index (κ1) is 9.96. The Morgan fingerprint density at radius 2 is 1.50 bits per heavy atom. The van der Waals surface area contributed by atoms with Gasteiger partial charge in [-0.25, -0.2) is 0 Å². The number of hydrogen-bond donors (Lipinski definition) is 0. The molecule has 0 radical (unpaired) electrons. The Balaban J connectivity index is 0.000000236. The van der Waals surface area contributed by atoms with Crippen LogP contribution in [-0.4, -0.2) is 25.0 Å². The lowest BCUT2D eigenvalue weighted by atomic mass is 9.85. The van der Waals surface area contributed by atoms with Gasteiger partial charge in [-0.2, -0.15) is 0 Å². The van der Waals surface area contributed by atoms with E-state index >= 15 is 0 Å². The van der Waals surface area contributed by atoms with Gasteiger partial charge in [0, 0.05) is 13.1 Å². The van der Waals surface area contributed by atoms with E-state index in [0.717, 1.165) is 0 Å². The molecule has 0 aromatic rings. The van der Waals surface area contributed by atoms with Crippen LogP contribution in [0.1, 0.15) is 34.1 Å². The summed E-state index contributed by atoms with van der Waals surface area (Å²) in [7, 11) is 2.16. The van der Waals surface area contributed by atoms with Gasteiger partial charge < -0.3 is 4.90 Å². The Morgan fingerprint density at radius 1 is 1.20 bits per heavy atom. The molecule has 1 rings (SSSR count). The van der Waals surface area contributed by atoms with Gasteiger partial charge in [0.2, 0.25) is 0 Å². The molecule has 62 valence electrons. The number of nitrogens with zero attached hydrogens (tertiary/aromatic N) is 1. The normalized spacial score (nSPS) is 22.5. The van der Waals surface area contributed by atoms with Gasteiger partial charge in [-0.3, -0.25) is 0 Å². The van der Waals surface area contributed by atoms with Crippen molar-refractivity contribution in [1.29, 1.82) is 0 Å². The molecule has 0 aliphatic carbocycles. The van der Waals surface area contributed by atoms with Gasteiger partial charge in [-0.1, -0.05) is 34.1 Å². The van der Waals surface area contributed by atoms with Crippen LogP contribution in [0.25, 0.3) is 0 Å². The van der Waals surface area contributed by atoms with E-state index in [-0.39, 0.29) is 0 Å². The van der Waals surface area contributed by atoms with E-state index in [1.165, 1.54) is 19.5 Å². The fourth-order valence-corrected chi connectivity index (χ4v) is 1.42. The Morgan fingerprint density at radius 3 is 1.50 bits per heavy atom. The van der Waals surface area contributed by atoms with Crippen molar-refractivity contribution in [1.82, 2.24) is 4.90 Å². The standard InChI is InChI=1S/C6H13N.C3H8/c1-6(2)4-7(3)5-6;1-3-2/h4-5H2,1-3H3;3H2,1-2H3. The van der Waals surface area contributed by atoms with Crippen LogP contribution in [0.2, 0.25) is 0 Å². The Hall–Kier alpha value is -0.0400. The van der Waals surface area contributed by atoms with Crippen molar-refractivity contribution in [3.8, 4) is 0 Å². The van der Waals surface area contributed by atoms with Crippen LogP contribution < -0.4 is 0 Å². The maximum Gasteiger partial charge on any atom is 0.00421 e. The minimum Gasteiger partial charge on any atom is -0.305 e. The highest BCUT2D eigenvalue weighted by atomic mass is 15.2. The summed E-state index contributed by atoms with van der Waals surface area (Å²) in [5.74, 6) is 0. The van der Waals surface area contributed by atoms with E-state index in [1.807, 2.05) is 0 Å². The molecule has 1 fully saturated rings. The highest BCUT2D eigenvalue weighted by Gasteiger charge is 2.30. The van der Waals surface area contributed by atoms with Crippen molar-refractivity contribution < 1.29 is 0 Å². The fraction of sp³-hybridized carbons (Fsp3) is 1.00. The summed E-state index contributed by atoms with van der Waals surface area (Å²) in [5, 5.41) is 0. The molecule has 0 amide bonds.